The van der Waals surface area contributed by atoms with Gasteiger partial charge in [-0.1, -0.05) is 48.5 Å². The number of sulfonamides is 1. The summed E-state index contributed by atoms with van der Waals surface area (Å²) in [5, 5.41) is -0.0304. The molecule has 23 heavy (non-hydrogen) atoms. The Hall–Kier alpha value is -2.44. The summed E-state index contributed by atoms with van der Waals surface area (Å²) in [4.78, 5) is 8.21. The lowest BCUT2D eigenvalue weighted by atomic mass is 10.1. The van der Waals surface area contributed by atoms with Gasteiger partial charge in [0, 0.05) is 11.6 Å². The van der Waals surface area contributed by atoms with Crippen LogP contribution in [-0.2, 0) is 10.0 Å². The fraction of sp³-hybridized carbons (Fsp3) is 0. The van der Waals surface area contributed by atoms with Gasteiger partial charge in [0.15, 0.2) is 0 Å². The lowest BCUT2D eigenvalue weighted by Gasteiger charge is -2.09. The molecule has 116 valence electrons. The number of benzene rings is 2. The van der Waals surface area contributed by atoms with Crippen LogP contribution >= 0.6 is 11.6 Å². The summed E-state index contributed by atoms with van der Waals surface area (Å²) in [5.74, 6) is 0.118. The van der Waals surface area contributed by atoms with Crippen molar-refractivity contribution >= 4 is 27.4 Å². The zero-order valence-electron chi connectivity index (χ0n) is 11.8. The molecule has 0 aliphatic carbocycles. The maximum Gasteiger partial charge on any atom is 0.263 e. The van der Waals surface area contributed by atoms with Crippen LogP contribution in [0, 0.1) is 0 Å². The average molecular weight is 346 g/mol. The number of hydrogen-bond donors (Lipinski definition) is 1. The van der Waals surface area contributed by atoms with Crippen LogP contribution in [0.2, 0.25) is 5.28 Å². The van der Waals surface area contributed by atoms with Crippen LogP contribution < -0.4 is 4.72 Å². The first kappa shape index (κ1) is 15.5. The van der Waals surface area contributed by atoms with E-state index >= 15 is 0 Å². The second-order valence-electron chi connectivity index (χ2n) is 4.69. The lowest BCUT2D eigenvalue weighted by Crippen LogP contribution is -2.14. The van der Waals surface area contributed by atoms with Gasteiger partial charge in [-0.05, 0) is 23.7 Å². The Morgan fingerprint density at radius 3 is 2.13 bits per heavy atom. The van der Waals surface area contributed by atoms with E-state index in [0.29, 0.717) is 5.69 Å². The van der Waals surface area contributed by atoms with Crippen LogP contribution in [0.3, 0.4) is 0 Å². The van der Waals surface area contributed by atoms with E-state index in [9.17, 15) is 8.42 Å². The SMILES string of the molecule is O=S(=O)(Nc1cc(-c2ccccc2)nc(Cl)n1)c1ccccc1. The highest BCUT2D eigenvalue weighted by atomic mass is 35.5. The van der Waals surface area contributed by atoms with Gasteiger partial charge in [0.25, 0.3) is 10.0 Å². The van der Waals surface area contributed by atoms with Crippen molar-refractivity contribution in [2.75, 3.05) is 4.72 Å². The molecule has 0 unspecified atom stereocenters. The third-order valence-corrected chi connectivity index (χ3v) is 4.60. The zero-order valence-corrected chi connectivity index (χ0v) is 13.4. The van der Waals surface area contributed by atoms with Gasteiger partial charge in [0.1, 0.15) is 5.82 Å². The van der Waals surface area contributed by atoms with Gasteiger partial charge in [0.05, 0.1) is 10.6 Å². The summed E-state index contributed by atoms with van der Waals surface area (Å²) in [7, 11) is -3.73. The highest BCUT2D eigenvalue weighted by molar-refractivity contribution is 7.92. The summed E-state index contributed by atoms with van der Waals surface area (Å²) in [6.45, 7) is 0. The van der Waals surface area contributed by atoms with Gasteiger partial charge in [0.2, 0.25) is 5.28 Å². The minimum absolute atomic E-state index is 0.0304. The summed E-state index contributed by atoms with van der Waals surface area (Å²) in [6.07, 6.45) is 0. The number of rotatable bonds is 4. The lowest BCUT2D eigenvalue weighted by molar-refractivity contribution is 0.601. The molecule has 0 bridgehead atoms. The van der Waals surface area contributed by atoms with Gasteiger partial charge in [-0.15, -0.1) is 0 Å². The molecule has 0 aliphatic rings. The topological polar surface area (TPSA) is 72.0 Å². The molecule has 3 rings (SSSR count). The Balaban J connectivity index is 1.97. The molecular weight excluding hydrogens is 334 g/mol. The molecule has 2 aromatic carbocycles. The fourth-order valence-electron chi connectivity index (χ4n) is 2.02. The van der Waals surface area contributed by atoms with Crippen LogP contribution in [0.4, 0.5) is 5.82 Å². The van der Waals surface area contributed by atoms with Crippen molar-refractivity contribution in [1.82, 2.24) is 9.97 Å². The summed E-state index contributed by atoms with van der Waals surface area (Å²) >= 11 is 5.92. The van der Waals surface area contributed by atoms with E-state index < -0.39 is 10.0 Å². The smallest absolute Gasteiger partial charge is 0.263 e. The van der Waals surface area contributed by atoms with Gasteiger partial charge in [-0.25, -0.2) is 13.4 Å². The van der Waals surface area contributed by atoms with Crippen molar-refractivity contribution in [1.29, 1.82) is 0 Å². The summed E-state index contributed by atoms with van der Waals surface area (Å²) in [5.41, 5.74) is 1.35. The Morgan fingerprint density at radius 2 is 1.48 bits per heavy atom. The summed E-state index contributed by atoms with van der Waals surface area (Å²) in [6, 6.07) is 18.9. The first-order chi connectivity index (χ1) is 11.0. The number of nitrogens with one attached hydrogen (secondary N) is 1. The van der Waals surface area contributed by atoms with E-state index in [0.717, 1.165) is 5.56 Å². The minimum atomic E-state index is -3.73. The van der Waals surface area contributed by atoms with E-state index in [2.05, 4.69) is 14.7 Å². The Bertz CT molecular complexity index is 917. The predicted molar refractivity (Wildman–Crippen MR) is 89.7 cm³/mol. The molecule has 1 N–H and O–H groups in total. The molecule has 0 saturated carbocycles. The van der Waals surface area contributed by atoms with Gasteiger partial charge >= 0.3 is 0 Å². The highest BCUT2D eigenvalue weighted by Gasteiger charge is 2.15. The van der Waals surface area contributed by atoms with Gasteiger partial charge < -0.3 is 0 Å². The van der Waals surface area contributed by atoms with E-state index in [4.69, 9.17) is 11.6 Å². The summed E-state index contributed by atoms with van der Waals surface area (Å²) < 4.78 is 27.1. The van der Waals surface area contributed by atoms with E-state index in [1.54, 1.807) is 24.3 Å². The molecule has 0 aliphatic heterocycles. The number of nitrogens with zero attached hydrogens (tertiary/aromatic N) is 2. The molecule has 0 fully saturated rings. The molecule has 1 heterocycles. The molecule has 0 atom stereocenters. The minimum Gasteiger partial charge on any atom is -0.263 e. The predicted octanol–water partition coefficient (Wildman–Crippen LogP) is 3.60. The van der Waals surface area contributed by atoms with Crippen molar-refractivity contribution in [3.05, 3.63) is 72.0 Å². The second kappa shape index (κ2) is 6.36. The standard InChI is InChI=1S/C16H12ClN3O2S/c17-16-18-14(12-7-3-1-4-8-12)11-15(19-16)20-23(21,22)13-9-5-2-6-10-13/h1-11H,(H,18,19,20). The van der Waals surface area contributed by atoms with Crippen LogP contribution in [0.15, 0.2) is 71.6 Å². The Kier molecular flexibility index (Phi) is 4.27. The number of anilines is 1. The molecule has 5 nitrogen and oxygen atoms in total. The Labute approximate surface area is 139 Å². The maximum absolute atomic E-state index is 12.3. The van der Waals surface area contributed by atoms with E-state index in [1.807, 2.05) is 30.3 Å². The third kappa shape index (κ3) is 3.67. The van der Waals surface area contributed by atoms with Crippen molar-refractivity contribution in [3.63, 3.8) is 0 Å². The molecule has 0 radical (unpaired) electrons. The van der Waals surface area contributed by atoms with Crippen LogP contribution in [0.25, 0.3) is 11.3 Å². The van der Waals surface area contributed by atoms with Crippen molar-refractivity contribution < 1.29 is 8.42 Å². The first-order valence-corrected chi connectivity index (χ1v) is 8.58. The largest absolute Gasteiger partial charge is 0.263 e. The molecule has 0 amide bonds. The molecule has 3 aromatic rings. The first-order valence-electron chi connectivity index (χ1n) is 6.72. The highest BCUT2D eigenvalue weighted by Crippen LogP contribution is 2.23. The second-order valence-corrected chi connectivity index (χ2v) is 6.71. The molecule has 1 aromatic heterocycles. The van der Waals surface area contributed by atoms with Crippen LogP contribution in [-0.4, -0.2) is 18.4 Å². The van der Waals surface area contributed by atoms with Crippen molar-refractivity contribution in [3.8, 4) is 11.3 Å². The number of halogens is 1. The van der Waals surface area contributed by atoms with Crippen LogP contribution in [0.1, 0.15) is 0 Å². The molecule has 0 saturated heterocycles. The third-order valence-electron chi connectivity index (χ3n) is 3.06. The monoisotopic (exact) mass is 345 g/mol. The number of hydrogen-bond acceptors (Lipinski definition) is 4. The van der Waals surface area contributed by atoms with E-state index in [-0.39, 0.29) is 16.0 Å². The Morgan fingerprint density at radius 1 is 0.870 bits per heavy atom. The van der Waals surface area contributed by atoms with Gasteiger partial charge in [-0.2, -0.15) is 4.98 Å². The number of aromatic nitrogens is 2. The van der Waals surface area contributed by atoms with Crippen LogP contribution in [0.5, 0.6) is 0 Å². The van der Waals surface area contributed by atoms with Crippen molar-refractivity contribution in [2.24, 2.45) is 0 Å². The maximum atomic E-state index is 12.3. The quantitative estimate of drug-likeness (QED) is 0.733. The zero-order chi connectivity index (χ0) is 16.3. The fourth-order valence-corrected chi connectivity index (χ4v) is 3.22. The molecular formula is C16H12ClN3O2S. The molecule has 0 spiro atoms. The molecule has 7 heteroatoms. The van der Waals surface area contributed by atoms with Gasteiger partial charge in [-0.3, -0.25) is 4.72 Å². The van der Waals surface area contributed by atoms with Crippen molar-refractivity contribution in [2.45, 2.75) is 4.90 Å². The normalized spacial score (nSPS) is 11.2. The average Bonchev–Trinajstić information content (AvgIpc) is 2.55. The van der Waals surface area contributed by atoms with E-state index in [1.165, 1.54) is 12.1 Å².